The SMILES string of the molecule is CCCCNC(=O)[C@H](Cc1ccccc1)N(Cc1ccc(Br)cc1)C(=O)CN(c1cc(Cl)c(Cl)cc1Cl)S(C)(=O)=O. The molecule has 3 rings (SSSR count). The zero-order valence-electron chi connectivity index (χ0n) is 22.6. The fourth-order valence-electron chi connectivity index (χ4n) is 4.14. The number of nitrogens with one attached hydrogen (secondary N) is 1. The van der Waals surface area contributed by atoms with E-state index >= 15 is 0 Å². The van der Waals surface area contributed by atoms with Crippen LogP contribution in [0.25, 0.3) is 0 Å². The molecule has 2 amide bonds. The molecule has 0 saturated carbocycles. The maximum atomic E-state index is 14.1. The lowest BCUT2D eigenvalue weighted by atomic mass is 10.0. The zero-order valence-corrected chi connectivity index (χ0v) is 27.3. The van der Waals surface area contributed by atoms with Gasteiger partial charge in [-0.15, -0.1) is 0 Å². The Labute approximate surface area is 264 Å². The van der Waals surface area contributed by atoms with Gasteiger partial charge in [-0.05, 0) is 41.8 Å². The van der Waals surface area contributed by atoms with Crippen LogP contribution in [-0.2, 0) is 32.6 Å². The van der Waals surface area contributed by atoms with E-state index in [9.17, 15) is 18.0 Å². The van der Waals surface area contributed by atoms with E-state index in [1.54, 1.807) is 0 Å². The molecule has 220 valence electrons. The van der Waals surface area contributed by atoms with Crippen molar-refractivity contribution >= 4 is 78.3 Å². The summed E-state index contributed by atoms with van der Waals surface area (Å²) in [4.78, 5) is 29.1. The minimum atomic E-state index is -4.01. The van der Waals surface area contributed by atoms with Crippen LogP contribution >= 0.6 is 50.7 Å². The molecular formula is C29H31BrCl3N3O4S. The van der Waals surface area contributed by atoms with Crippen LogP contribution in [-0.4, -0.2) is 50.5 Å². The summed E-state index contributed by atoms with van der Waals surface area (Å²) in [7, 11) is -4.01. The fourth-order valence-corrected chi connectivity index (χ4v) is 5.96. The highest BCUT2D eigenvalue weighted by atomic mass is 79.9. The van der Waals surface area contributed by atoms with Crippen LogP contribution in [0.15, 0.2) is 71.2 Å². The van der Waals surface area contributed by atoms with Gasteiger partial charge >= 0.3 is 0 Å². The highest BCUT2D eigenvalue weighted by molar-refractivity contribution is 9.10. The third-order valence-electron chi connectivity index (χ3n) is 6.30. The molecule has 7 nitrogen and oxygen atoms in total. The van der Waals surface area contributed by atoms with Gasteiger partial charge in [0.2, 0.25) is 21.8 Å². The minimum Gasteiger partial charge on any atom is -0.354 e. The molecule has 41 heavy (non-hydrogen) atoms. The first-order valence-electron chi connectivity index (χ1n) is 12.9. The second-order valence-corrected chi connectivity index (χ2v) is 13.5. The largest absolute Gasteiger partial charge is 0.354 e. The molecule has 0 aromatic heterocycles. The maximum absolute atomic E-state index is 14.1. The van der Waals surface area contributed by atoms with Gasteiger partial charge in [-0.1, -0.05) is 107 Å². The number of nitrogens with zero attached hydrogens (tertiary/aromatic N) is 2. The van der Waals surface area contributed by atoms with E-state index in [2.05, 4.69) is 21.2 Å². The fraction of sp³-hybridized carbons (Fsp3) is 0.310. The third-order valence-corrected chi connectivity index (χ3v) is 8.98. The minimum absolute atomic E-state index is 0.00696. The first-order chi connectivity index (χ1) is 19.4. The zero-order chi connectivity index (χ0) is 30.2. The van der Waals surface area contributed by atoms with Gasteiger partial charge in [0.05, 0.1) is 27.0 Å². The van der Waals surface area contributed by atoms with Crippen LogP contribution in [0.2, 0.25) is 15.1 Å². The number of carbonyl (C=O) groups is 2. The van der Waals surface area contributed by atoms with E-state index in [4.69, 9.17) is 34.8 Å². The molecule has 1 atom stereocenters. The van der Waals surface area contributed by atoms with Gasteiger partial charge in [-0.25, -0.2) is 8.42 Å². The van der Waals surface area contributed by atoms with Gasteiger partial charge in [-0.3, -0.25) is 13.9 Å². The molecule has 0 saturated heterocycles. The lowest BCUT2D eigenvalue weighted by molar-refractivity contribution is -0.140. The highest BCUT2D eigenvalue weighted by Crippen LogP contribution is 2.35. The number of amides is 2. The summed E-state index contributed by atoms with van der Waals surface area (Å²) in [5, 5.41) is 3.18. The standard InChI is InChI=1S/C29H31BrCl3N3O4S/c1-3-4-14-34-29(38)27(15-20-8-6-5-7-9-20)35(18-21-10-12-22(30)13-11-21)28(37)19-36(41(2,39)40)26-17-24(32)23(31)16-25(26)33/h5-13,16-17,27H,3-4,14-15,18-19H2,1-2H3,(H,34,38)/t27-/m0/s1. The summed E-state index contributed by atoms with van der Waals surface area (Å²) in [5.41, 5.74) is 1.62. The number of hydrogen-bond acceptors (Lipinski definition) is 4. The quantitative estimate of drug-likeness (QED) is 0.158. The monoisotopic (exact) mass is 701 g/mol. The summed E-state index contributed by atoms with van der Waals surface area (Å²) < 4.78 is 27.6. The molecule has 0 aliphatic carbocycles. The average molecular weight is 704 g/mol. The van der Waals surface area contributed by atoms with Crippen LogP contribution in [0.3, 0.4) is 0 Å². The molecule has 0 aliphatic heterocycles. The summed E-state index contributed by atoms with van der Waals surface area (Å²) in [6.07, 6.45) is 2.87. The summed E-state index contributed by atoms with van der Waals surface area (Å²) in [5.74, 6) is -0.918. The first-order valence-corrected chi connectivity index (χ1v) is 16.7. The van der Waals surface area contributed by atoms with Gasteiger partial charge < -0.3 is 10.2 Å². The number of benzene rings is 3. The molecule has 3 aromatic carbocycles. The Morgan fingerprint density at radius 3 is 2.17 bits per heavy atom. The normalized spacial score (nSPS) is 12.0. The van der Waals surface area contributed by atoms with Crippen LogP contribution in [0.1, 0.15) is 30.9 Å². The molecule has 0 bridgehead atoms. The highest BCUT2D eigenvalue weighted by Gasteiger charge is 2.33. The van der Waals surface area contributed by atoms with Crippen molar-refractivity contribution in [1.82, 2.24) is 10.2 Å². The smallest absolute Gasteiger partial charge is 0.244 e. The summed E-state index contributed by atoms with van der Waals surface area (Å²) in [6.45, 7) is 1.93. The molecule has 1 N–H and O–H groups in total. The lowest BCUT2D eigenvalue weighted by Gasteiger charge is -2.33. The van der Waals surface area contributed by atoms with Crippen molar-refractivity contribution in [1.29, 1.82) is 0 Å². The molecule has 0 fully saturated rings. The Kier molecular flexibility index (Phi) is 12.4. The Morgan fingerprint density at radius 2 is 1.56 bits per heavy atom. The third kappa shape index (κ3) is 9.61. The van der Waals surface area contributed by atoms with Gasteiger partial charge in [0.1, 0.15) is 12.6 Å². The first kappa shape index (κ1) is 33.2. The van der Waals surface area contributed by atoms with Crippen LogP contribution in [0, 0.1) is 0 Å². The Bertz CT molecular complexity index is 1460. The molecule has 0 spiro atoms. The number of hydrogen-bond donors (Lipinski definition) is 1. The van der Waals surface area contributed by atoms with E-state index in [1.165, 1.54) is 17.0 Å². The van der Waals surface area contributed by atoms with Crippen molar-refractivity contribution in [3.8, 4) is 0 Å². The molecule has 0 unspecified atom stereocenters. The van der Waals surface area contributed by atoms with Crippen molar-refractivity contribution in [3.63, 3.8) is 0 Å². The molecule has 12 heteroatoms. The van der Waals surface area contributed by atoms with Crippen molar-refractivity contribution in [2.24, 2.45) is 0 Å². The molecule has 0 aliphatic rings. The van der Waals surface area contributed by atoms with E-state index in [-0.39, 0.29) is 39.6 Å². The van der Waals surface area contributed by atoms with Crippen LogP contribution in [0.4, 0.5) is 5.69 Å². The predicted octanol–water partition coefficient (Wildman–Crippen LogP) is 6.73. The number of sulfonamides is 1. The number of unbranched alkanes of at least 4 members (excludes halogenated alkanes) is 1. The Hall–Kier alpha value is -2.30. The number of carbonyl (C=O) groups excluding carboxylic acids is 2. The Balaban J connectivity index is 2.07. The van der Waals surface area contributed by atoms with Crippen molar-refractivity contribution in [3.05, 3.63) is 97.4 Å². The van der Waals surface area contributed by atoms with E-state index in [0.717, 1.165) is 39.0 Å². The molecular weight excluding hydrogens is 673 g/mol. The number of halogens is 4. The van der Waals surface area contributed by atoms with Gasteiger partial charge in [0.15, 0.2) is 0 Å². The van der Waals surface area contributed by atoms with Crippen molar-refractivity contribution in [2.45, 2.75) is 38.8 Å². The number of anilines is 1. The molecule has 0 radical (unpaired) electrons. The van der Waals surface area contributed by atoms with E-state index in [1.807, 2.05) is 61.5 Å². The van der Waals surface area contributed by atoms with Crippen LogP contribution in [0.5, 0.6) is 0 Å². The van der Waals surface area contributed by atoms with Crippen molar-refractivity contribution < 1.29 is 18.0 Å². The van der Waals surface area contributed by atoms with Gasteiger partial charge in [0.25, 0.3) is 0 Å². The number of rotatable bonds is 13. The van der Waals surface area contributed by atoms with Crippen LogP contribution < -0.4 is 9.62 Å². The van der Waals surface area contributed by atoms with Crippen molar-refractivity contribution in [2.75, 3.05) is 23.7 Å². The molecule has 0 heterocycles. The average Bonchev–Trinajstić information content (AvgIpc) is 2.92. The van der Waals surface area contributed by atoms with Gasteiger partial charge in [0, 0.05) is 24.0 Å². The molecule has 3 aromatic rings. The Morgan fingerprint density at radius 1 is 0.927 bits per heavy atom. The maximum Gasteiger partial charge on any atom is 0.244 e. The topological polar surface area (TPSA) is 86.8 Å². The van der Waals surface area contributed by atoms with Gasteiger partial charge in [-0.2, -0.15) is 0 Å². The second kappa shape index (κ2) is 15.3. The lowest BCUT2D eigenvalue weighted by Crippen LogP contribution is -2.53. The van der Waals surface area contributed by atoms with E-state index < -0.39 is 28.5 Å². The summed E-state index contributed by atoms with van der Waals surface area (Å²) >= 11 is 22.0. The predicted molar refractivity (Wildman–Crippen MR) is 170 cm³/mol. The second-order valence-electron chi connectivity index (χ2n) is 9.49. The summed E-state index contributed by atoms with van der Waals surface area (Å²) in [6, 6.07) is 18.4. The van der Waals surface area contributed by atoms with E-state index in [0.29, 0.717) is 6.54 Å².